The Morgan fingerprint density at radius 1 is 0.800 bits per heavy atom. The van der Waals surface area contributed by atoms with Crippen LogP contribution in [-0.4, -0.2) is 17.6 Å². The highest BCUT2D eigenvalue weighted by atomic mass is 32.2. The van der Waals surface area contributed by atoms with Gasteiger partial charge in [0.1, 0.15) is 0 Å². The van der Waals surface area contributed by atoms with Crippen LogP contribution < -0.4 is 0 Å². The Labute approximate surface area is 117 Å². The first kappa shape index (κ1) is 12.6. The van der Waals surface area contributed by atoms with Gasteiger partial charge < -0.3 is 0 Å². The zero-order valence-electron chi connectivity index (χ0n) is 10.5. The number of rotatable bonds is 3. The molecule has 0 N–H and O–H groups in total. The average molecular weight is 284 g/mol. The average Bonchev–Trinajstić information content (AvgIpc) is 2.99. The van der Waals surface area contributed by atoms with Gasteiger partial charge in [-0.05, 0) is 18.2 Å². The van der Waals surface area contributed by atoms with E-state index in [0.29, 0.717) is 5.69 Å². The van der Waals surface area contributed by atoms with Crippen molar-refractivity contribution in [3.8, 4) is 11.3 Å². The smallest absolute Gasteiger partial charge is 0.199 e. The standard InChI is InChI=1S/C15H12N2O2S/c18-20(19,14-9-5-2-6-10-14)17-15(11-12-16-17)13-7-3-1-4-8-13/h1-12H. The van der Waals surface area contributed by atoms with Crippen molar-refractivity contribution in [2.45, 2.75) is 4.90 Å². The molecule has 0 aliphatic rings. The van der Waals surface area contributed by atoms with E-state index in [-0.39, 0.29) is 4.90 Å². The van der Waals surface area contributed by atoms with E-state index in [0.717, 1.165) is 9.65 Å². The second kappa shape index (κ2) is 4.94. The molecule has 0 radical (unpaired) electrons. The van der Waals surface area contributed by atoms with Crippen LogP contribution >= 0.6 is 0 Å². The van der Waals surface area contributed by atoms with Gasteiger partial charge in [0.05, 0.1) is 16.8 Å². The molecule has 100 valence electrons. The molecule has 3 rings (SSSR count). The van der Waals surface area contributed by atoms with E-state index in [1.54, 1.807) is 36.4 Å². The third-order valence-corrected chi connectivity index (χ3v) is 4.56. The van der Waals surface area contributed by atoms with E-state index in [2.05, 4.69) is 5.10 Å². The number of hydrogen-bond donors (Lipinski definition) is 0. The predicted molar refractivity (Wildman–Crippen MR) is 76.7 cm³/mol. The van der Waals surface area contributed by atoms with Crippen LogP contribution in [0.1, 0.15) is 0 Å². The Bertz CT molecular complexity index is 809. The lowest BCUT2D eigenvalue weighted by Crippen LogP contribution is -2.15. The molecule has 0 amide bonds. The molecule has 5 heteroatoms. The van der Waals surface area contributed by atoms with Gasteiger partial charge in [-0.1, -0.05) is 48.5 Å². The van der Waals surface area contributed by atoms with E-state index >= 15 is 0 Å². The van der Waals surface area contributed by atoms with Gasteiger partial charge in [0, 0.05) is 5.56 Å². The molecular weight excluding hydrogens is 272 g/mol. The lowest BCUT2D eigenvalue weighted by molar-refractivity contribution is 0.581. The molecule has 0 bridgehead atoms. The molecule has 0 saturated heterocycles. The third kappa shape index (κ3) is 2.12. The summed E-state index contributed by atoms with van der Waals surface area (Å²) < 4.78 is 26.2. The summed E-state index contributed by atoms with van der Waals surface area (Å²) in [7, 11) is -3.67. The SMILES string of the molecule is O=S(=O)(c1ccccc1)n1nccc1-c1ccccc1. The van der Waals surface area contributed by atoms with Crippen molar-refractivity contribution in [1.29, 1.82) is 0 Å². The fraction of sp³-hybridized carbons (Fsp3) is 0. The fourth-order valence-corrected chi connectivity index (χ4v) is 3.29. The minimum atomic E-state index is -3.67. The zero-order chi connectivity index (χ0) is 14.0. The Kier molecular flexibility index (Phi) is 3.12. The molecule has 0 atom stereocenters. The second-order valence-electron chi connectivity index (χ2n) is 4.24. The Balaban J connectivity index is 2.16. The van der Waals surface area contributed by atoms with E-state index in [1.807, 2.05) is 30.3 Å². The molecule has 0 fully saturated rings. The van der Waals surface area contributed by atoms with Gasteiger partial charge in [-0.15, -0.1) is 0 Å². The highest BCUT2D eigenvalue weighted by Crippen LogP contribution is 2.22. The van der Waals surface area contributed by atoms with Crippen molar-refractivity contribution in [2.75, 3.05) is 0 Å². The van der Waals surface area contributed by atoms with Crippen molar-refractivity contribution in [1.82, 2.24) is 9.19 Å². The van der Waals surface area contributed by atoms with Crippen molar-refractivity contribution >= 4 is 10.0 Å². The maximum Gasteiger partial charge on any atom is 0.283 e. The monoisotopic (exact) mass is 284 g/mol. The van der Waals surface area contributed by atoms with Crippen molar-refractivity contribution < 1.29 is 8.42 Å². The molecule has 0 aliphatic heterocycles. The lowest BCUT2D eigenvalue weighted by atomic mass is 10.2. The van der Waals surface area contributed by atoms with Crippen LogP contribution in [0.25, 0.3) is 11.3 Å². The molecule has 20 heavy (non-hydrogen) atoms. The zero-order valence-corrected chi connectivity index (χ0v) is 11.4. The van der Waals surface area contributed by atoms with Crippen LogP contribution in [-0.2, 0) is 10.0 Å². The normalized spacial score (nSPS) is 11.4. The summed E-state index contributed by atoms with van der Waals surface area (Å²) in [5.41, 5.74) is 1.36. The van der Waals surface area contributed by atoms with E-state index < -0.39 is 10.0 Å². The third-order valence-electron chi connectivity index (χ3n) is 2.95. The first-order valence-electron chi connectivity index (χ1n) is 6.10. The van der Waals surface area contributed by atoms with Gasteiger partial charge >= 0.3 is 0 Å². The quantitative estimate of drug-likeness (QED) is 0.743. The van der Waals surface area contributed by atoms with Crippen LogP contribution in [0.15, 0.2) is 77.8 Å². The Hall–Kier alpha value is -2.40. The van der Waals surface area contributed by atoms with Gasteiger partial charge in [-0.25, -0.2) is 0 Å². The molecule has 2 aromatic carbocycles. The molecule has 3 aromatic rings. The molecule has 1 heterocycles. The molecule has 1 aromatic heterocycles. The predicted octanol–water partition coefficient (Wildman–Crippen LogP) is 2.79. The fourth-order valence-electron chi connectivity index (χ4n) is 1.99. The second-order valence-corrected chi connectivity index (χ2v) is 6.01. The first-order valence-corrected chi connectivity index (χ1v) is 7.54. The number of aromatic nitrogens is 2. The van der Waals surface area contributed by atoms with Crippen molar-refractivity contribution in [3.05, 3.63) is 72.9 Å². The summed E-state index contributed by atoms with van der Waals surface area (Å²) in [5.74, 6) is 0. The highest BCUT2D eigenvalue weighted by molar-refractivity contribution is 7.90. The summed E-state index contributed by atoms with van der Waals surface area (Å²) in [5, 5.41) is 3.97. The van der Waals surface area contributed by atoms with Gasteiger partial charge in [0.15, 0.2) is 0 Å². The topological polar surface area (TPSA) is 52.0 Å². The maximum absolute atomic E-state index is 12.6. The minimum absolute atomic E-state index is 0.223. The molecular formula is C15H12N2O2S. The molecule has 4 nitrogen and oxygen atoms in total. The summed E-state index contributed by atoms with van der Waals surface area (Å²) >= 11 is 0. The molecule has 0 spiro atoms. The lowest BCUT2D eigenvalue weighted by Gasteiger charge is -2.08. The molecule has 0 aliphatic carbocycles. The maximum atomic E-state index is 12.6. The summed E-state index contributed by atoms with van der Waals surface area (Å²) in [6, 6.07) is 19.3. The summed E-state index contributed by atoms with van der Waals surface area (Å²) in [6.07, 6.45) is 1.49. The van der Waals surface area contributed by atoms with Crippen LogP contribution in [0.2, 0.25) is 0 Å². The van der Waals surface area contributed by atoms with Crippen molar-refractivity contribution in [2.24, 2.45) is 0 Å². The Morgan fingerprint density at radius 2 is 1.40 bits per heavy atom. The van der Waals surface area contributed by atoms with E-state index in [9.17, 15) is 8.42 Å². The van der Waals surface area contributed by atoms with Crippen LogP contribution in [0.4, 0.5) is 0 Å². The largest absolute Gasteiger partial charge is 0.283 e. The number of benzene rings is 2. The number of hydrogen-bond acceptors (Lipinski definition) is 3. The van der Waals surface area contributed by atoms with Gasteiger partial charge in [-0.2, -0.15) is 17.6 Å². The minimum Gasteiger partial charge on any atom is -0.199 e. The van der Waals surface area contributed by atoms with E-state index in [1.165, 1.54) is 6.20 Å². The Morgan fingerprint density at radius 3 is 2.05 bits per heavy atom. The number of nitrogens with zero attached hydrogens (tertiary/aromatic N) is 2. The van der Waals surface area contributed by atoms with Crippen molar-refractivity contribution in [3.63, 3.8) is 0 Å². The summed E-state index contributed by atoms with van der Waals surface area (Å²) in [6.45, 7) is 0. The highest BCUT2D eigenvalue weighted by Gasteiger charge is 2.20. The molecule has 0 unspecified atom stereocenters. The van der Waals surface area contributed by atoms with Gasteiger partial charge in [0.25, 0.3) is 10.0 Å². The van der Waals surface area contributed by atoms with Crippen LogP contribution in [0, 0.1) is 0 Å². The van der Waals surface area contributed by atoms with Crippen LogP contribution in [0.5, 0.6) is 0 Å². The summed E-state index contributed by atoms with van der Waals surface area (Å²) in [4.78, 5) is 0.223. The first-order chi connectivity index (χ1) is 9.69. The van der Waals surface area contributed by atoms with Gasteiger partial charge in [0.2, 0.25) is 0 Å². The van der Waals surface area contributed by atoms with E-state index in [4.69, 9.17) is 0 Å². The van der Waals surface area contributed by atoms with Gasteiger partial charge in [-0.3, -0.25) is 0 Å². The van der Waals surface area contributed by atoms with Crippen LogP contribution in [0.3, 0.4) is 0 Å². The molecule has 0 saturated carbocycles.